The highest BCUT2D eigenvalue weighted by molar-refractivity contribution is 8.38. The zero-order valence-electron chi connectivity index (χ0n) is 9.12. The summed E-state index contributed by atoms with van der Waals surface area (Å²) in [5.74, 6) is 0. The van der Waals surface area contributed by atoms with Crippen LogP contribution in [-0.2, 0) is 6.18 Å². The number of nitrogens with zero attached hydrogens (tertiary/aromatic N) is 1. The molecule has 94 valence electrons. The van der Waals surface area contributed by atoms with E-state index in [1.165, 1.54) is 29.6 Å². The lowest BCUT2D eigenvalue weighted by molar-refractivity contribution is -0.137. The van der Waals surface area contributed by atoms with Gasteiger partial charge in [-0.05, 0) is 30.7 Å². The monoisotopic (exact) mass is 297 g/mol. The van der Waals surface area contributed by atoms with Gasteiger partial charge in [-0.3, -0.25) is 0 Å². The molecular weight excluding hydrogens is 287 g/mol. The van der Waals surface area contributed by atoms with Gasteiger partial charge < -0.3 is 0 Å². The van der Waals surface area contributed by atoms with Gasteiger partial charge in [-0.2, -0.15) is 17.6 Å². The molecule has 17 heavy (non-hydrogen) atoms. The third kappa shape index (κ3) is 4.85. The Hall–Kier alpha value is -0.270. The molecule has 0 bridgehead atoms. The first kappa shape index (κ1) is 14.8. The van der Waals surface area contributed by atoms with Crippen LogP contribution in [0.2, 0.25) is 0 Å². The summed E-state index contributed by atoms with van der Waals surface area (Å²) in [5, 5.41) is 0. The molecule has 0 unspecified atom stereocenters. The van der Waals surface area contributed by atoms with Crippen molar-refractivity contribution >= 4 is 39.8 Å². The summed E-state index contributed by atoms with van der Waals surface area (Å²) in [5.41, 5.74) is -0.646. The number of rotatable bonds is 2. The second-order valence-electron chi connectivity index (χ2n) is 2.88. The lowest BCUT2D eigenvalue weighted by Gasteiger charge is -2.07. The molecule has 0 heterocycles. The number of hydrogen-bond donors (Lipinski definition) is 0. The zero-order valence-corrected chi connectivity index (χ0v) is 11.6. The Morgan fingerprint density at radius 1 is 1.18 bits per heavy atom. The van der Waals surface area contributed by atoms with Gasteiger partial charge in [0, 0.05) is 16.8 Å². The highest BCUT2D eigenvalue weighted by Crippen LogP contribution is 2.32. The zero-order chi connectivity index (χ0) is 12.9. The van der Waals surface area contributed by atoms with Crippen molar-refractivity contribution in [3.05, 3.63) is 29.8 Å². The molecule has 0 N–H and O–H groups in total. The molecule has 7 heteroatoms. The van der Waals surface area contributed by atoms with Gasteiger partial charge >= 0.3 is 6.18 Å². The molecule has 0 atom stereocenters. The molecule has 1 aromatic carbocycles. The summed E-state index contributed by atoms with van der Waals surface area (Å²) in [6.45, 7) is 0. The summed E-state index contributed by atoms with van der Waals surface area (Å²) < 4.78 is 42.3. The summed E-state index contributed by atoms with van der Waals surface area (Å²) >= 11 is 3.99. The smallest absolute Gasteiger partial charge is 0.198 e. The van der Waals surface area contributed by atoms with Crippen LogP contribution in [0, 0.1) is 0 Å². The van der Waals surface area contributed by atoms with Gasteiger partial charge in [0.05, 0.1) is 5.56 Å². The number of alkyl halides is 3. The van der Waals surface area contributed by atoms with E-state index in [1.54, 1.807) is 6.07 Å². The molecular formula is C10H10F3NS3. The molecule has 0 fully saturated rings. The largest absolute Gasteiger partial charge is 0.416 e. The van der Waals surface area contributed by atoms with E-state index in [-0.39, 0.29) is 0 Å². The first-order chi connectivity index (χ1) is 7.97. The number of thioether (sulfide) groups is 2. The van der Waals surface area contributed by atoms with Crippen molar-refractivity contribution in [2.75, 3.05) is 12.5 Å². The third-order valence-electron chi connectivity index (χ3n) is 1.74. The lowest BCUT2D eigenvalue weighted by Crippen LogP contribution is -2.04. The minimum atomic E-state index is -4.30. The van der Waals surface area contributed by atoms with Crippen molar-refractivity contribution in [2.45, 2.75) is 11.1 Å². The minimum Gasteiger partial charge on any atom is -0.198 e. The van der Waals surface area contributed by atoms with Crippen LogP contribution in [0.3, 0.4) is 0 Å². The second kappa shape index (κ2) is 6.61. The normalized spacial score (nSPS) is 11.4. The Morgan fingerprint density at radius 2 is 1.82 bits per heavy atom. The molecule has 1 aromatic rings. The van der Waals surface area contributed by atoms with Gasteiger partial charge in [0.25, 0.3) is 0 Å². The van der Waals surface area contributed by atoms with Crippen molar-refractivity contribution < 1.29 is 13.2 Å². The van der Waals surface area contributed by atoms with E-state index in [1.807, 2.05) is 12.5 Å². The van der Waals surface area contributed by atoms with Crippen LogP contribution >= 0.6 is 35.5 Å². The molecule has 0 aliphatic rings. The molecule has 0 spiro atoms. The van der Waals surface area contributed by atoms with E-state index >= 15 is 0 Å². The fourth-order valence-corrected chi connectivity index (χ4v) is 2.96. The standard InChI is InChI=1S/C10H10F3NS3/c1-15-9(16-2)14-17-8-5-3-4-7(6-8)10(11,12)13/h3-6H,1-2H3. The SMILES string of the molecule is CSC(=NSc1cccc(C(F)(F)F)c1)SC. The highest BCUT2D eigenvalue weighted by Gasteiger charge is 2.30. The summed E-state index contributed by atoms with van der Waals surface area (Å²) in [4.78, 5) is 0.487. The Kier molecular flexibility index (Phi) is 5.75. The maximum atomic E-state index is 12.4. The highest BCUT2D eigenvalue weighted by atomic mass is 32.2. The van der Waals surface area contributed by atoms with Gasteiger partial charge in [-0.25, -0.2) is 0 Å². The van der Waals surface area contributed by atoms with Crippen molar-refractivity contribution in [1.82, 2.24) is 0 Å². The summed E-state index contributed by atoms with van der Waals surface area (Å²) in [6, 6.07) is 5.16. The predicted octanol–water partition coefficient (Wildman–Crippen LogP) is 4.79. The maximum absolute atomic E-state index is 12.4. The van der Waals surface area contributed by atoms with Crippen LogP contribution in [0.4, 0.5) is 13.2 Å². The van der Waals surface area contributed by atoms with Crippen molar-refractivity contribution in [3.63, 3.8) is 0 Å². The maximum Gasteiger partial charge on any atom is 0.416 e. The lowest BCUT2D eigenvalue weighted by atomic mass is 10.2. The second-order valence-corrected chi connectivity index (χ2v) is 5.57. The van der Waals surface area contributed by atoms with E-state index in [0.29, 0.717) is 4.90 Å². The Balaban J connectivity index is 2.83. The molecule has 0 aliphatic carbocycles. The molecule has 0 amide bonds. The van der Waals surface area contributed by atoms with E-state index in [9.17, 15) is 13.2 Å². The molecule has 0 saturated carbocycles. The van der Waals surface area contributed by atoms with Gasteiger partial charge in [-0.15, -0.1) is 23.5 Å². The fourth-order valence-electron chi connectivity index (χ4n) is 0.977. The molecule has 0 radical (unpaired) electrons. The average Bonchev–Trinajstić information content (AvgIpc) is 2.30. The molecule has 0 saturated heterocycles. The number of halogens is 3. The summed E-state index contributed by atoms with van der Waals surface area (Å²) in [6.07, 6.45) is -0.549. The van der Waals surface area contributed by atoms with Crippen LogP contribution < -0.4 is 0 Å². The molecule has 1 nitrogen and oxygen atoms in total. The molecule has 0 aliphatic heterocycles. The van der Waals surface area contributed by atoms with Crippen LogP contribution in [0.1, 0.15) is 5.56 Å². The first-order valence-corrected chi connectivity index (χ1v) is 7.70. The van der Waals surface area contributed by atoms with E-state index in [2.05, 4.69) is 4.40 Å². The van der Waals surface area contributed by atoms with Crippen molar-refractivity contribution in [3.8, 4) is 0 Å². The van der Waals surface area contributed by atoms with Gasteiger partial charge in [0.1, 0.15) is 4.38 Å². The predicted molar refractivity (Wildman–Crippen MR) is 71.8 cm³/mol. The van der Waals surface area contributed by atoms with Crippen LogP contribution in [0.15, 0.2) is 33.6 Å². The first-order valence-electron chi connectivity index (χ1n) is 4.47. The van der Waals surface area contributed by atoms with Gasteiger partial charge in [0.15, 0.2) is 0 Å². The quantitative estimate of drug-likeness (QED) is 0.442. The summed E-state index contributed by atoms with van der Waals surface area (Å²) in [7, 11) is 0. The average molecular weight is 297 g/mol. The number of benzene rings is 1. The van der Waals surface area contributed by atoms with Crippen LogP contribution in [-0.4, -0.2) is 16.9 Å². The Morgan fingerprint density at radius 3 is 2.35 bits per heavy atom. The van der Waals surface area contributed by atoms with Gasteiger partial charge in [0.2, 0.25) is 0 Å². The van der Waals surface area contributed by atoms with Crippen molar-refractivity contribution in [1.29, 1.82) is 0 Å². The van der Waals surface area contributed by atoms with Crippen LogP contribution in [0.5, 0.6) is 0 Å². The molecule has 0 aromatic heterocycles. The molecule has 1 rings (SSSR count). The fraction of sp³-hybridized carbons (Fsp3) is 0.300. The van der Waals surface area contributed by atoms with E-state index < -0.39 is 11.7 Å². The van der Waals surface area contributed by atoms with E-state index in [4.69, 9.17) is 0 Å². The number of hydrogen-bond acceptors (Lipinski definition) is 4. The minimum absolute atomic E-state index is 0.487. The van der Waals surface area contributed by atoms with Crippen molar-refractivity contribution in [2.24, 2.45) is 4.40 Å². The topological polar surface area (TPSA) is 12.4 Å². The van der Waals surface area contributed by atoms with E-state index in [0.717, 1.165) is 28.5 Å². The van der Waals surface area contributed by atoms with Gasteiger partial charge in [-0.1, -0.05) is 6.07 Å². The Labute approximate surface area is 111 Å². The third-order valence-corrected chi connectivity index (χ3v) is 4.59. The van der Waals surface area contributed by atoms with Crippen LogP contribution in [0.25, 0.3) is 0 Å². The Bertz CT molecular complexity index is 398.